The van der Waals surface area contributed by atoms with Gasteiger partial charge in [-0.05, 0) is 75.8 Å². The maximum atomic E-state index is 14.7. The summed E-state index contributed by atoms with van der Waals surface area (Å²) in [6, 6.07) is 7.08. The number of fused-ring (bicyclic) bond motifs is 3. The smallest absolute Gasteiger partial charge is 0.260 e. The fraction of sp³-hybridized carbons (Fsp3) is 0.421. The number of aromatic nitrogens is 2. The van der Waals surface area contributed by atoms with E-state index in [1.54, 1.807) is 19.1 Å². The monoisotopic (exact) mass is 762 g/mol. The Labute approximate surface area is 310 Å². The third-order valence-corrected chi connectivity index (χ3v) is 11.9. The number of amides is 4. The lowest BCUT2D eigenvalue weighted by atomic mass is 10.0. The summed E-state index contributed by atoms with van der Waals surface area (Å²) in [5.74, 6) is -4.61. The number of para-hydroxylation sites is 1. The summed E-state index contributed by atoms with van der Waals surface area (Å²) in [5.41, 5.74) is -0.939. The van der Waals surface area contributed by atoms with E-state index in [9.17, 15) is 36.4 Å². The molecule has 2 fully saturated rings. The minimum absolute atomic E-state index is 0.00269. The van der Waals surface area contributed by atoms with Crippen LogP contribution in [-0.4, -0.2) is 77.2 Å². The number of rotatable bonds is 7. The Morgan fingerprint density at radius 2 is 1.85 bits per heavy atom. The molecule has 0 bridgehead atoms. The summed E-state index contributed by atoms with van der Waals surface area (Å²) in [7, 11) is -4.11. The number of ether oxygens (including phenoxy) is 1. The Bertz CT molecular complexity index is 2200. The van der Waals surface area contributed by atoms with Crippen LogP contribution in [0.1, 0.15) is 73.8 Å². The van der Waals surface area contributed by atoms with Gasteiger partial charge in [-0.25, -0.2) is 31.9 Å². The van der Waals surface area contributed by atoms with Gasteiger partial charge in [0.25, 0.3) is 21.8 Å². The normalized spacial score (nSPS) is 26.5. The molecule has 1 unspecified atom stereocenters. The molecule has 0 radical (unpaired) electrons. The van der Waals surface area contributed by atoms with E-state index in [1.807, 2.05) is 6.08 Å². The Morgan fingerprint density at radius 3 is 2.61 bits per heavy atom. The summed E-state index contributed by atoms with van der Waals surface area (Å²) in [4.78, 5) is 66.0. The molecule has 0 spiro atoms. The maximum absolute atomic E-state index is 14.7. The van der Waals surface area contributed by atoms with Crippen molar-refractivity contribution in [3.8, 4) is 5.88 Å². The Morgan fingerprint density at radius 1 is 1.06 bits per heavy atom. The van der Waals surface area contributed by atoms with Crippen molar-refractivity contribution in [3.05, 3.63) is 88.5 Å². The largest absolute Gasteiger partial charge is 0.471 e. The molecule has 3 heterocycles. The van der Waals surface area contributed by atoms with Crippen LogP contribution in [0, 0.1) is 24.5 Å². The van der Waals surface area contributed by atoms with Gasteiger partial charge in [0.1, 0.15) is 40.8 Å². The molecule has 1 saturated carbocycles. The quantitative estimate of drug-likeness (QED) is 0.302. The Kier molecular flexibility index (Phi) is 10.2. The minimum atomic E-state index is -4.11. The molecular formula is C38H40F2N6O7S. The zero-order valence-corrected chi connectivity index (χ0v) is 30.3. The van der Waals surface area contributed by atoms with E-state index in [2.05, 4.69) is 25.3 Å². The van der Waals surface area contributed by atoms with Crippen LogP contribution in [-0.2, 0) is 24.4 Å². The molecule has 2 aliphatic carbocycles. The highest BCUT2D eigenvalue weighted by molar-refractivity contribution is 7.94. The molecule has 5 atom stereocenters. The van der Waals surface area contributed by atoms with E-state index < -0.39 is 74.9 Å². The number of nitrogens with zero attached hydrogens (tertiary/aromatic N) is 3. The molecule has 16 heteroatoms. The van der Waals surface area contributed by atoms with E-state index in [0.717, 1.165) is 12.5 Å². The van der Waals surface area contributed by atoms with Gasteiger partial charge in [0.15, 0.2) is 5.82 Å². The van der Waals surface area contributed by atoms with Gasteiger partial charge in [-0.1, -0.05) is 43.2 Å². The van der Waals surface area contributed by atoms with Crippen LogP contribution >= 0.6 is 0 Å². The van der Waals surface area contributed by atoms with Crippen molar-refractivity contribution < 1.29 is 41.1 Å². The topological polar surface area (TPSA) is 177 Å². The van der Waals surface area contributed by atoms with Crippen LogP contribution in [0.3, 0.4) is 0 Å². The number of hydrogen-bond donors (Lipinski definition) is 3. The van der Waals surface area contributed by atoms with Crippen molar-refractivity contribution in [2.45, 2.75) is 88.4 Å². The van der Waals surface area contributed by atoms with Gasteiger partial charge < -0.3 is 20.3 Å². The van der Waals surface area contributed by atoms with Crippen molar-refractivity contribution in [2.75, 3.05) is 6.54 Å². The summed E-state index contributed by atoms with van der Waals surface area (Å²) in [5, 5.41) is 5.54. The molecule has 2 aliphatic heterocycles. The first-order chi connectivity index (χ1) is 25.8. The van der Waals surface area contributed by atoms with Gasteiger partial charge in [0.05, 0.1) is 17.0 Å². The molecule has 3 aromatic rings. The summed E-state index contributed by atoms with van der Waals surface area (Å²) >= 11 is 0. The van der Waals surface area contributed by atoms with Crippen LogP contribution in [0.15, 0.2) is 65.6 Å². The lowest BCUT2D eigenvalue weighted by Gasteiger charge is -2.30. The van der Waals surface area contributed by atoms with E-state index in [1.165, 1.54) is 41.3 Å². The fourth-order valence-electron chi connectivity index (χ4n) is 7.21. The second-order valence-electron chi connectivity index (χ2n) is 14.2. The molecule has 7 rings (SSSR count). The third kappa shape index (κ3) is 7.56. The highest BCUT2D eigenvalue weighted by atomic mass is 32.2. The van der Waals surface area contributed by atoms with Crippen molar-refractivity contribution in [3.63, 3.8) is 0 Å². The number of hydrogen-bond acceptors (Lipinski definition) is 9. The molecular weight excluding hydrogens is 723 g/mol. The van der Waals surface area contributed by atoms with E-state index in [-0.39, 0.29) is 47.7 Å². The van der Waals surface area contributed by atoms with Crippen molar-refractivity contribution >= 4 is 44.7 Å². The summed E-state index contributed by atoms with van der Waals surface area (Å²) in [6.45, 7) is 1.48. The SMILES string of the molecule is Cc1nc2cccc(F)c2nc1O[C@@H]1C[C@H]2C(=O)N[C@]3(C(=O)NS(=O)(=O)C4=CCC4)CC3/C=C\CCCCC[C@H](NC(=O)c3cccc(F)c3)C(=O)N2C1. The van der Waals surface area contributed by atoms with Crippen molar-refractivity contribution in [2.24, 2.45) is 5.92 Å². The molecule has 1 saturated heterocycles. The van der Waals surface area contributed by atoms with Crippen LogP contribution < -0.4 is 20.1 Å². The molecule has 1 aromatic heterocycles. The number of carbonyl (C=O) groups is 4. The van der Waals surface area contributed by atoms with E-state index in [4.69, 9.17) is 4.74 Å². The first-order valence-electron chi connectivity index (χ1n) is 18.1. The van der Waals surface area contributed by atoms with Crippen LogP contribution in [0.25, 0.3) is 11.0 Å². The van der Waals surface area contributed by atoms with Crippen LogP contribution in [0.2, 0.25) is 0 Å². The average Bonchev–Trinajstić information content (AvgIpc) is 3.63. The first kappa shape index (κ1) is 37.1. The standard InChI is InChI=1S/C38H40F2N6O7S/c1-22-35(43-32-28(40)15-9-17-29(32)41-22)53-26-19-31-34(48)44-38(37(50)45-54(51,52)27-13-8-14-27)20-24(38)11-5-3-2-4-6-16-30(36(49)46(31)21-26)42-33(47)23-10-7-12-25(39)18-23/h5,7,9-13,15,17-18,24,26,30-31H,2-4,6,8,14,16,19-21H2,1H3,(H,42,47)(H,44,48)(H,45,50)/b11-5-/t24?,26-,30+,31+,38-/m1/s1. The first-order valence-corrected chi connectivity index (χ1v) is 19.5. The number of benzene rings is 2. The second-order valence-corrected chi connectivity index (χ2v) is 16.0. The zero-order valence-electron chi connectivity index (χ0n) is 29.5. The Hall–Kier alpha value is -5.25. The van der Waals surface area contributed by atoms with E-state index >= 15 is 0 Å². The Balaban J connectivity index is 1.20. The molecule has 4 amide bonds. The number of carbonyl (C=O) groups excluding carboxylic acids is 4. The van der Waals surface area contributed by atoms with Gasteiger partial charge >= 0.3 is 0 Å². The second kappa shape index (κ2) is 14.9. The van der Waals surface area contributed by atoms with Gasteiger partial charge in [-0.3, -0.25) is 19.2 Å². The van der Waals surface area contributed by atoms with Gasteiger partial charge in [-0.15, -0.1) is 0 Å². The number of halogens is 2. The zero-order chi connectivity index (χ0) is 38.2. The van der Waals surface area contributed by atoms with Crippen molar-refractivity contribution in [1.82, 2.24) is 30.2 Å². The molecule has 3 N–H and O–H groups in total. The number of allylic oxidation sites excluding steroid dienone is 3. The number of nitrogens with one attached hydrogen (secondary N) is 3. The number of aryl methyl sites for hydroxylation is 1. The van der Waals surface area contributed by atoms with Gasteiger partial charge in [0, 0.05) is 17.9 Å². The highest BCUT2D eigenvalue weighted by Crippen LogP contribution is 2.46. The lowest BCUT2D eigenvalue weighted by molar-refractivity contribution is -0.141. The predicted octanol–water partition coefficient (Wildman–Crippen LogP) is 3.88. The molecule has 13 nitrogen and oxygen atoms in total. The van der Waals surface area contributed by atoms with Crippen LogP contribution in [0.4, 0.5) is 8.78 Å². The van der Waals surface area contributed by atoms with Gasteiger partial charge in [0.2, 0.25) is 17.7 Å². The molecule has 284 valence electrons. The molecule has 54 heavy (non-hydrogen) atoms. The predicted molar refractivity (Wildman–Crippen MR) is 192 cm³/mol. The molecule has 2 aromatic carbocycles. The van der Waals surface area contributed by atoms with Crippen LogP contribution in [0.5, 0.6) is 5.88 Å². The summed E-state index contributed by atoms with van der Waals surface area (Å²) in [6.07, 6.45) is 8.12. The highest BCUT2D eigenvalue weighted by Gasteiger charge is 2.62. The molecule has 4 aliphatic rings. The number of sulfonamides is 1. The van der Waals surface area contributed by atoms with Crippen molar-refractivity contribution in [1.29, 1.82) is 0 Å². The third-order valence-electron chi connectivity index (χ3n) is 10.4. The lowest BCUT2D eigenvalue weighted by Crippen LogP contribution is -2.58. The fourth-order valence-corrected chi connectivity index (χ4v) is 8.49. The maximum Gasteiger partial charge on any atom is 0.260 e. The summed E-state index contributed by atoms with van der Waals surface area (Å²) < 4.78 is 62.9. The van der Waals surface area contributed by atoms with E-state index in [0.29, 0.717) is 43.3 Å². The average molecular weight is 763 g/mol. The van der Waals surface area contributed by atoms with Gasteiger partial charge in [-0.2, -0.15) is 0 Å². The minimum Gasteiger partial charge on any atom is -0.471 e.